The number of benzene rings is 2. The molecule has 2 rings (SSSR count). The number of anilines is 1. The standard InChI is InChI=1S/C16H16N2/c1-18(12-11-14-5-3-2-4-6-14)16-9-7-15(13-17)8-10-16/h2-10H,11-12H2,1H3. The normalized spacial score (nSPS) is 9.78. The summed E-state index contributed by atoms with van der Waals surface area (Å²) < 4.78 is 0. The van der Waals surface area contributed by atoms with Crippen molar-refractivity contribution in [1.82, 2.24) is 0 Å². The highest BCUT2D eigenvalue weighted by molar-refractivity contribution is 5.49. The Morgan fingerprint density at radius 2 is 1.67 bits per heavy atom. The third kappa shape index (κ3) is 3.11. The van der Waals surface area contributed by atoms with Crippen LogP contribution in [0.4, 0.5) is 5.69 Å². The average Bonchev–Trinajstić information content (AvgIpc) is 2.46. The molecule has 0 saturated carbocycles. The molecule has 2 aromatic carbocycles. The first-order valence-electron chi connectivity index (χ1n) is 6.05. The topological polar surface area (TPSA) is 27.0 Å². The van der Waals surface area contributed by atoms with Gasteiger partial charge < -0.3 is 4.90 Å². The summed E-state index contributed by atoms with van der Waals surface area (Å²) in [5, 5.41) is 8.76. The molecule has 0 amide bonds. The summed E-state index contributed by atoms with van der Waals surface area (Å²) >= 11 is 0. The largest absolute Gasteiger partial charge is 0.374 e. The van der Waals surface area contributed by atoms with Gasteiger partial charge in [0.15, 0.2) is 0 Å². The first-order valence-corrected chi connectivity index (χ1v) is 6.05. The average molecular weight is 236 g/mol. The lowest BCUT2D eigenvalue weighted by Gasteiger charge is -2.19. The SMILES string of the molecule is CN(CCc1ccccc1)c1ccc(C#N)cc1. The fourth-order valence-electron chi connectivity index (χ4n) is 1.86. The van der Waals surface area contributed by atoms with E-state index in [1.54, 1.807) is 0 Å². The number of hydrogen-bond donors (Lipinski definition) is 0. The van der Waals surface area contributed by atoms with Gasteiger partial charge in [0.25, 0.3) is 0 Å². The molecule has 2 heteroatoms. The molecule has 0 aromatic heterocycles. The lowest BCUT2D eigenvalue weighted by atomic mass is 10.1. The van der Waals surface area contributed by atoms with Crippen molar-refractivity contribution >= 4 is 5.69 Å². The number of likely N-dealkylation sites (N-methyl/N-ethyl adjacent to an activating group) is 1. The van der Waals surface area contributed by atoms with Crippen molar-refractivity contribution in [3.63, 3.8) is 0 Å². The Hall–Kier alpha value is -2.27. The van der Waals surface area contributed by atoms with Crippen LogP contribution in [-0.2, 0) is 6.42 Å². The monoisotopic (exact) mass is 236 g/mol. The molecule has 18 heavy (non-hydrogen) atoms. The maximum Gasteiger partial charge on any atom is 0.0991 e. The molecule has 0 aliphatic carbocycles. The van der Waals surface area contributed by atoms with Crippen LogP contribution in [0.3, 0.4) is 0 Å². The molecule has 0 spiro atoms. The zero-order valence-corrected chi connectivity index (χ0v) is 10.5. The van der Waals surface area contributed by atoms with E-state index >= 15 is 0 Å². The van der Waals surface area contributed by atoms with Crippen LogP contribution < -0.4 is 4.90 Å². The molecule has 0 N–H and O–H groups in total. The van der Waals surface area contributed by atoms with Gasteiger partial charge in [-0.15, -0.1) is 0 Å². The molecule has 0 atom stereocenters. The van der Waals surface area contributed by atoms with Crippen molar-refractivity contribution < 1.29 is 0 Å². The molecule has 0 bridgehead atoms. The molecule has 0 aliphatic rings. The molecule has 2 aromatic rings. The van der Waals surface area contributed by atoms with Crippen molar-refractivity contribution in [1.29, 1.82) is 5.26 Å². The first-order chi connectivity index (χ1) is 8.79. The third-order valence-corrected chi connectivity index (χ3v) is 3.02. The van der Waals surface area contributed by atoms with Crippen molar-refractivity contribution in [2.75, 3.05) is 18.5 Å². The summed E-state index contributed by atoms with van der Waals surface area (Å²) in [6.45, 7) is 0.968. The summed E-state index contributed by atoms with van der Waals surface area (Å²) in [5.41, 5.74) is 3.19. The van der Waals surface area contributed by atoms with E-state index in [9.17, 15) is 0 Å². The minimum Gasteiger partial charge on any atom is -0.374 e. The predicted molar refractivity (Wildman–Crippen MR) is 74.6 cm³/mol. The lowest BCUT2D eigenvalue weighted by molar-refractivity contribution is 0.877. The van der Waals surface area contributed by atoms with Crippen LogP contribution in [0.15, 0.2) is 54.6 Å². The molecule has 0 aliphatic heterocycles. The Morgan fingerprint density at radius 3 is 2.28 bits per heavy atom. The van der Waals surface area contributed by atoms with E-state index < -0.39 is 0 Å². The Kier molecular flexibility index (Phi) is 3.98. The maximum atomic E-state index is 8.76. The van der Waals surface area contributed by atoms with Gasteiger partial charge in [-0.1, -0.05) is 30.3 Å². The molecule has 2 nitrogen and oxygen atoms in total. The van der Waals surface area contributed by atoms with E-state index in [-0.39, 0.29) is 0 Å². The van der Waals surface area contributed by atoms with Crippen LogP contribution in [0.5, 0.6) is 0 Å². The van der Waals surface area contributed by atoms with Crippen LogP contribution in [0.25, 0.3) is 0 Å². The highest BCUT2D eigenvalue weighted by Gasteiger charge is 2.01. The van der Waals surface area contributed by atoms with Gasteiger partial charge in [-0.05, 0) is 36.2 Å². The van der Waals surface area contributed by atoms with Crippen molar-refractivity contribution in [2.24, 2.45) is 0 Å². The molecule has 0 saturated heterocycles. The highest BCUT2D eigenvalue weighted by atomic mass is 15.1. The minimum atomic E-state index is 0.704. The second-order valence-electron chi connectivity index (χ2n) is 4.32. The minimum absolute atomic E-state index is 0.704. The molecule has 0 radical (unpaired) electrons. The van der Waals surface area contributed by atoms with Crippen LogP contribution in [0.2, 0.25) is 0 Å². The molecule has 0 unspecified atom stereocenters. The molecular formula is C16H16N2. The zero-order chi connectivity index (χ0) is 12.8. The zero-order valence-electron chi connectivity index (χ0n) is 10.5. The van der Waals surface area contributed by atoms with E-state index in [0.717, 1.165) is 18.7 Å². The Bertz CT molecular complexity index is 523. The molecule has 90 valence electrons. The van der Waals surface area contributed by atoms with Gasteiger partial charge in [0.2, 0.25) is 0 Å². The van der Waals surface area contributed by atoms with Gasteiger partial charge in [0.1, 0.15) is 0 Å². The van der Waals surface area contributed by atoms with Crippen LogP contribution in [-0.4, -0.2) is 13.6 Å². The highest BCUT2D eigenvalue weighted by Crippen LogP contribution is 2.14. The van der Waals surface area contributed by atoms with Gasteiger partial charge in [-0.2, -0.15) is 5.26 Å². The van der Waals surface area contributed by atoms with Gasteiger partial charge in [-0.25, -0.2) is 0 Å². The summed E-state index contributed by atoms with van der Waals surface area (Å²) in [7, 11) is 2.07. The summed E-state index contributed by atoms with van der Waals surface area (Å²) in [6.07, 6.45) is 1.03. The molecular weight excluding hydrogens is 220 g/mol. The lowest BCUT2D eigenvalue weighted by Crippen LogP contribution is -2.20. The summed E-state index contributed by atoms with van der Waals surface area (Å²) in [5.74, 6) is 0. The second-order valence-corrected chi connectivity index (χ2v) is 4.32. The number of rotatable bonds is 4. The van der Waals surface area contributed by atoms with Gasteiger partial charge >= 0.3 is 0 Å². The van der Waals surface area contributed by atoms with Crippen LogP contribution in [0.1, 0.15) is 11.1 Å². The van der Waals surface area contributed by atoms with Crippen LogP contribution in [0, 0.1) is 11.3 Å². The van der Waals surface area contributed by atoms with Crippen molar-refractivity contribution in [3.8, 4) is 6.07 Å². The van der Waals surface area contributed by atoms with E-state index in [4.69, 9.17) is 5.26 Å². The Labute approximate surface area is 108 Å². The number of nitriles is 1. The number of hydrogen-bond acceptors (Lipinski definition) is 2. The second kappa shape index (κ2) is 5.88. The first kappa shape index (κ1) is 12.2. The van der Waals surface area contributed by atoms with E-state index in [0.29, 0.717) is 5.56 Å². The van der Waals surface area contributed by atoms with Crippen molar-refractivity contribution in [2.45, 2.75) is 6.42 Å². The van der Waals surface area contributed by atoms with Crippen molar-refractivity contribution in [3.05, 3.63) is 65.7 Å². The fourth-order valence-corrected chi connectivity index (χ4v) is 1.86. The summed E-state index contributed by atoms with van der Waals surface area (Å²) in [6, 6.07) is 20.3. The van der Waals surface area contributed by atoms with E-state index in [2.05, 4.69) is 42.3 Å². The maximum absolute atomic E-state index is 8.76. The van der Waals surface area contributed by atoms with Gasteiger partial charge in [0.05, 0.1) is 11.6 Å². The fraction of sp³-hybridized carbons (Fsp3) is 0.188. The third-order valence-electron chi connectivity index (χ3n) is 3.02. The summed E-state index contributed by atoms with van der Waals surface area (Å²) in [4.78, 5) is 2.20. The Balaban J connectivity index is 1.95. The Morgan fingerprint density at radius 1 is 1.00 bits per heavy atom. The van der Waals surface area contributed by atoms with Gasteiger partial charge in [-0.3, -0.25) is 0 Å². The molecule has 0 heterocycles. The quantitative estimate of drug-likeness (QED) is 0.815. The van der Waals surface area contributed by atoms with E-state index in [1.807, 2.05) is 30.3 Å². The number of nitrogens with zero attached hydrogens (tertiary/aromatic N) is 2. The van der Waals surface area contributed by atoms with E-state index in [1.165, 1.54) is 5.56 Å². The van der Waals surface area contributed by atoms with Crippen LogP contribution >= 0.6 is 0 Å². The predicted octanol–water partition coefficient (Wildman–Crippen LogP) is 3.24. The molecule has 0 fully saturated rings. The van der Waals surface area contributed by atoms with Gasteiger partial charge in [0, 0.05) is 19.3 Å². The smallest absolute Gasteiger partial charge is 0.0991 e.